The molecule has 0 unspecified atom stereocenters. The summed E-state index contributed by atoms with van der Waals surface area (Å²) in [7, 11) is 1.29. The average molecular weight is 319 g/mol. The van der Waals surface area contributed by atoms with Crippen LogP contribution in [0.25, 0.3) is 0 Å². The molecule has 22 heavy (non-hydrogen) atoms. The third-order valence-corrected chi connectivity index (χ3v) is 3.60. The van der Waals surface area contributed by atoms with E-state index in [9.17, 15) is 14.4 Å². The summed E-state index contributed by atoms with van der Waals surface area (Å²) in [5.41, 5.74) is 0.228. The minimum atomic E-state index is -0.510. The van der Waals surface area contributed by atoms with Crippen LogP contribution in [0.4, 0.5) is 5.00 Å². The molecule has 0 aliphatic rings. The van der Waals surface area contributed by atoms with E-state index in [4.69, 9.17) is 4.74 Å². The summed E-state index contributed by atoms with van der Waals surface area (Å²) >= 11 is 1.09. The molecular formula is C15H13NO5S. The number of thiophene rings is 1. The molecule has 1 aromatic heterocycles. The molecule has 0 aliphatic carbocycles. The number of para-hydroxylation sites is 1. The van der Waals surface area contributed by atoms with E-state index in [1.54, 1.807) is 30.3 Å². The molecule has 6 nitrogen and oxygen atoms in total. The summed E-state index contributed by atoms with van der Waals surface area (Å²) in [6.07, 6.45) is 0. The Kier molecular flexibility index (Phi) is 4.90. The molecule has 0 saturated carbocycles. The summed E-state index contributed by atoms with van der Waals surface area (Å²) in [5, 5.41) is 3.14. The lowest BCUT2D eigenvalue weighted by Gasteiger charge is -2.08. The molecule has 0 atom stereocenters. The number of anilines is 1. The summed E-state index contributed by atoms with van der Waals surface area (Å²) in [4.78, 5) is 35.1. The molecule has 0 radical (unpaired) electrons. The van der Waals surface area contributed by atoms with Crippen LogP contribution in [0.2, 0.25) is 0 Å². The van der Waals surface area contributed by atoms with Crippen molar-refractivity contribution in [3.63, 3.8) is 0 Å². The predicted octanol–water partition coefficient (Wildman–Crippen LogP) is 2.71. The molecule has 1 N–H and O–H groups in total. The molecule has 1 heterocycles. The van der Waals surface area contributed by atoms with E-state index in [1.165, 1.54) is 20.1 Å². The summed E-state index contributed by atoms with van der Waals surface area (Å²) in [5.74, 6) is -1.23. The fraction of sp³-hybridized carbons (Fsp3) is 0.133. The number of carbonyl (C=O) groups excluding carboxylic acids is 3. The fourth-order valence-electron chi connectivity index (χ4n) is 1.69. The topological polar surface area (TPSA) is 81.7 Å². The van der Waals surface area contributed by atoms with Crippen LogP contribution in [0.5, 0.6) is 5.75 Å². The van der Waals surface area contributed by atoms with Crippen molar-refractivity contribution in [2.45, 2.75) is 6.92 Å². The molecule has 2 aromatic rings. The molecule has 0 bridgehead atoms. The third kappa shape index (κ3) is 3.70. The van der Waals surface area contributed by atoms with Gasteiger partial charge in [0.1, 0.15) is 10.6 Å². The molecule has 1 amide bonds. The van der Waals surface area contributed by atoms with E-state index in [0.29, 0.717) is 9.88 Å². The number of nitrogens with one attached hydrogen (secondary N) is 1. The van der Waals surface area contributed by atoms with Crippen LogP contribution in [0, 0.1) is 0 Å². The van der Waals surface area contributed by atoms with Crippen molar-refractivity contribution >= 4 is 34.2 Å². The molecule has 0 fully saturated rings. The molecule has 7 heteroatoms. The lowest BCUT2D eigenvalue weighted by molar-refractivity contribution is -0.131. The van der Waals surface area contributed by atoms with Crippen molar-refractivity contribution in [2.24, 2.45) is 0 Å². The molecule has 2 rings (SSSR count). The molecule has 1 aromatic carbocycles. The van der Waals surface area contributed by atoms with Gasteiger partial charge in [0.25, 0.3) is 5.91 Å². The first-order valence-corrected chi connectivity index (χ1v) is 7.10. The first kappa shape index (κ1) is 15.7. The zero-order chi connectivity index (χ0) is 16.1. The van der Waals surface area contributed by atoms with Gasteiger partial charge in [-0.3, -0.25) is 9.59 Å². The molecule has 0 spiro atoms. The number of amides is 1. The van der Waals surface area contributed by atoms with E-state index < -0.39 is 17.8 Å². The Hall–Kier alpha value is -2.67. The van der Waals surface area contributed by atoms with Crippen LogP contribution in [0.15, 0.2) is 36.4 Å². The summed E-state index contributed by atoms with van der Waals surface area (Å²) in [6.45, 7) is 1.26. The average Bonchev–Trinajstić information content (AvgIpc) is 2.94. The molecule has 0 saturated heterocycles. The number of carbonyl (C=O) groups is 3. The van der Waals surface area contributed by atoms with E-state index in [0.717, 1.165) is 11.3 Å². The monoisotopic (exact) mass is 319 g/mol. The van der Waals surface area contributed by atoms with Gasteiger partial charge in [0.15, 0.2) is 0 Å². The quantitative estimate of drug-likeness (QED) is 0.692. The maximum Gasteiger partial charge on any atom is 0.348 e. The van der Waals surface area contributed by atoms with Crippen molar-refractivity contribution in [3.05, 3.63) is 46.8 Å². The zero-order valence-electron chi connectivity index (χ0n) is 11.9. The second kappa shape index (κ2) is 6.86. The second-order valence-electron chi connectivity index (χ2n) is 4.20. The van der Waals surface area contributed by atoms with E-state index in [1.807, 2.05) is 0 Å². The van der Waals surface area contributed by atoms with Gasteiger partial charge in [-0.1, -0.05) is 12.1 Å². The predicted molar refractivity (Wildman–Crippen MR) is 81.4 cm³/mol. The number of hydrogen-bond donors (Lipinski definition) is 1. The highest BCUT2D eigenvalue weighted by atomic mass is 32.1. The Morgan fingerprint density at radius 3 is 2.50 bits per heavy atom. The fourth-order valence-corrected chi connectivity index (χ4v) is 2.51. The Morgan fingerprint density at radius 1 is 1.09 bits per heavy atom. The minimum absolute atomic E-state index is 0.178. The number of hydrogen-bond acceptors (Lipinski definition) is 6. The highest BCUT2D eigenvalue weighted by Crippen LogP contribution is 2.25. The third-order valence-electron chi connectivity index (χ3n) is 2.61. The normalized spacial score (nSPS) is 9.91. The van der Waals surface area contributed by atoms with E-state index in [-0.39, 0.29) is 11.3 Å². The second-order valence-corrected chi connectivity index (χ2v) is 5.28. The van der Waals surface area contributed by atoms with Gasteiger partial charge in [-0.2, -0.15) is 0 Å². The van der Waals surface area contributed by atoms with Crippen LogP contribution in [0.3, 0.4) is 0 Å². The van der Waals surface area contributed by atoms with Crippen LogP contribution >= 0.6 is 11.3 Å². The van der Waals surface area contributed by atoms with Gasteiger partial charge < -0.3 is 14.8 Å². The van der Waals surface area contributed by atoms with Gasteiger partial charge in [-0.05, 0) is 24.3 Å². The number of benzene rings is 1. The Bertz CT molecular complexity index is 722. The lowest BCUT2D eigenvalue weighted by Crippen LogP contribution is -2.14. The molecule has 0 aliphatic heterocycles. The van der Waals surface area contributed by atoms with Gasteiger partial charge >= 0.3 is 11.9 Å². The van der Waals surface area contributed by atoms with E-state index in [2.05, 4.69) is 10.1 Å². The van der Waals surface area contributed by atoms with Crippen molar-refractivity contribution < 1.29 is 23.9 Å². The SMILES string of the molecule is COC(=O)c1ccc(NC(=O)c2ccccc2OC(C)=O)s1. The number of ether oxygens (including phenoxy) is 2. The van der Waals surface area contributed by atoms with Gasteiger partial charge in [0, 0.05) is 6.92 Å². The van der Waals surface area contributed by atoms with Crippen LogP contribution in [0.1, 0.15) is 27.0 Å². The Balaban J connectivity index is 2.17. The standard InChI is InChI=1S/C15H13NO5S/c1-9(17)21-11-6-4-3-5-10(11)14(18)16-13-8-7-12(22-13)15(19)20-2/h3-8H,1-2H3,(H,16,18). The highest BCUT2D eigenvalue weighted by Gasteiger charge is 2.16. The lowest BCUT2D eigenvalue weighted by atomic mass is 10.2. The number of methoxy groups -OCH3 is 1. The van der Waals surface area contributed by atoms with Crippen LogP contribution in [-0.2, 0) is 9.53 Å². The van der Waals surface area contributed by atoms with Gasteiger partial charge in [0.2, 0.25) is 0 Å². The maximum atomic E-state index is 12.3. The highest BCUT2D eigenvalue weighted by molar-refractivity contribution is 7.18. The van der Waals surface area contributed by atoms with E-state index >= 15 is 0 Å². The molecular weight excluding hydrogens is 306 g/mol. The van der Waals surface area contributed by atoms with Gasteiger partial charge in [-0.15, -0.1) is 11.3 Å². The maximum absolute atomic E-state index is 12.3. The zero-order valence-corrected chi connectivity index (χ0v) is 12.7. The summed E-state index contributed by atoms with van der Waals surface area (Å²) in [6, 6.07) is 9.56. The summed E-state index contributed by atoms with van der Waals surface area (Å²) < 4.78 is 9.60. The Morgan fingerprint density at radius 2 is 1.82 bits per heavy atom. The number of esters is 2. The van der Waals surface area contributed by atoms with Crippen molar-refractivity contribution in [1.29, 1.82) is 0 Å². The first-order valence-electron chi connectivity index (χ1n) is 6.28. The largest absolute Gasteiger partial charge is 0.465 e. The smallest absolute Gasteiger partial charge is 0.348 e. The van der Waals surface area contributed by atoms with Crippen molar-refractivity contribution in [2.75, 3.05) is 12.4 Å². The minimum Gasteiger partial charge on any atom is -0.465 e. The first-order chi connectivity index (χ1) is 10.5. The Labute approximate surface area is 130 Å². The van der Waals surface area contributed by atoms with Crippen LogP contribution in [-0.4, -0.2) is 25.0 Å². The molecule has 114 valence electrons. The van der Waals surface area contributed by atoms with Gasteiger partial charge in [0.05, 0.1) is 17.7 Å². The van der Waals surface area contributed by atoms with Crippen LogP contribution < -0.4 is 10.1 Å². The number of rotatable bonds is 4. The van der Waals surface area contributed by atoms with Crippen molar-refractivity contribution in [3.8, 4) is 5.75 Å². The van der Waals surface area contributed by atoms with Gasteiger partial charge in [-0.25, -0.2) is 4.79 Å². The van der Waals surface area contributed by atoms with Crippen molar-refractivity contribution in [1.82, 2.24) is 0 Å².